The van der Waals surface area contributed by atoms with Crippen molar-refractivity contribution in [2.75, 3.05) is 31.5 Å². The Balaban J connectivity index is 1.34. The van der Waals surface area contributed by atoms with Crippen molar-refractivity contribution in [3.8, 4) is 0 Å². The van der Waals surface area contributed by atoms with Crippen LogP contribution in [0.25, 0.3) is 0 Å². The Morgan fingerprint density at radius 2 is 2.07 bits per heavy atom. The highest BCUT2D eigenvalue weighted by Gasteiger charge is 2.30. The number of anilines is 1. The summed E-state index contributed by atoms with van der Waals surface area (Å²) in [4.78, 5) is 30.5. The third-order valence-corrected chi connectivity index (χ3v) is 7.01. The van der Waals surface area contributed by atoms with Crippen LogP contribution in [0.5, 0.6) is 0 Å². The van der Waals surface area contributed by atoms with Gasteiger partial charge in [-0.3, -0.25) is 19.4 Å². The third kappa shape index (κ3) is 4.22. The lowest BCUT2D eigenvalue weighted by Crippen LogP contribution is -2.52. The second kappa shape index (κ2) is 8.25. The van der Waals surface area contributed by atoms with Gasteiger partial charge in [-0.25, -0.2) is 0 Å². The quantitative estimate of drug-likeness (QED) is 0.742. The molecule has 0 spiro atoms. The fourth-order valence-corrected chi connectivity index (χ4v) is 5.46. The van der Waals surface area contributed by atoms with Crippen molar-refractivity contribution in [2.24, 2.45) is 5.73 Å². The van der Waals surface area contributed by atoms with E-state index in [0.29, 0.717) is 10.6 Å². The van der Waals surface area contributed by atoms with E-state index in [2.05, 4.69) is 20.3 Å². The Labute approximate surface area is 174 Å². The molecule has 2 aliphatic rings. The molecule has 29 heavy (non-hydrogen) atoms. The van der Waals surface area contributed by atoms with E-state index in [1.165, 1.54) is 16.2 Å². The largest absolute Gasteiger partial charge is 0.365 e. The first-order valence-electron chi connectivity index (χ1n) is 10.1. The molecular weight excluding hydrogens is 390 g/mol. The van der Waals surface area contributed by atoms with Gasteiger partial charge < -0.3 is 15.6 Å². The number of aromatic nitrogens is 1. The van der Waals surface area contributed by atoms with Crippen LogP contribution < -0.4 is 11.1 Å². The maximum Gasteiger partial charge on any atom is 0.251 e. The Morgan fingerprint density at radius 3 is 2.72 bits per heavy atom. The van der Waals surface area contributed by atoms with E-state index >= 15 is 0 Å². The number of hydrogen-bond acceptors (Lipinski definition) is 7. The molecule has 8 nitrogen and oxygen atoms in total. The molecule has 1 aliphatic heterocycles. The van der Waals surface area contributed by atoms with Crippen LogP contribution in [0.15, 0.2) is 10.6 Å². The summed E-state index contributed by atoms with van der Waals surface area (Å²) < 4.78 is 5.13. The predicted molar refractivity (Wildman–Crippen MR) is 111 cm³/mol. The lowest BCUT2D eigenvalue weighted by atomic mass is 10.1. The van der Waals surface area contributed by atoms with Gasteiger partial charge in [-0.15, -0.1) is 11.3 Å². The number of piperazine rings is 1. The van der Waals surface area contributed by atoms with E-state index in [9.17, 15) is 9.59 Å². The van der Waals surface area contributed by atoms with Gasteiger partial charge in [0.2, 0.25) is 5.91 Å². The second-order valence-corrected chi connectivity index (χ2v) is 8.94. The maximum absolute atomic E-state index is 12.9. The lowest BCUT2D eigenvalue weighted by molar-refractivity contribution is -0.121. The molecule has 2 aromatic heterocycles. The van der Waals surface area contributed by atoms with Crippen LogP contribution >= 0.6 is 11.3 Å². The number of primary amides is 1. The van der Waals surface area contributed by atoms with Gasteiger partial charge in [-0.05, 0) is 38.7 Å². The minimum absolute atomic E-state index is 0.0898. The number of nitrogens with one attached hydrogen (secondary N) is 1. The summed E-state index contributed by atoms with van der Waals surface area (Å²) in [7, 11) is 0. The summed E-state index contributed by atoms with van der Waals surface area (Å²) in [6.07, 6.45) is 2.87. The number of nitrogens with zero attached hydrogens (tertiary/aromatic N) is 3. The van der Waals surface area contributed by atoms with Crippen molar-refractivity contribution in [3.63, 3.8) is 0 Å². The molecule has 3 N–H and O–H groups in total. The molecule has 1 atom stereocenters. The Morgan fingerprint density at radius 1 is 1.31 bits per heavy atom. The van der Waals surface area contributed by atoms with Gasteiger partial charge in [0.15, 0.2) is 0 Å². The average Bonchev–Trinajstić information content (AvgIpc) is 3.37. The molecule has 9 heteroatoms. The molecule has 1 fully saturated rings. The number of nitrogens with two attached hydrogens (primary N) is 1. The van der Waals surface area contributed by atoms with Gasteiger partial charge in [0, 0.05) is 43.7 Å². The zero-order valence-corrected chi connectivity index (χ0v) is 17.7. The maximum atomic E-state index is 12.9. The smallest absolute Gasteiger partial charge is 0.251 e. The van der Waals surface area contributed by atoms with Crippen molar-refractivity contribution < 1.29 is 14.1 Å². The normalized spacial score (nSPS) is 18.6. The van der Waals surface area contributed by atoms with Crippen LogP contribution in [0.3, 0.4) is 0 Å². The molecule has 1 aliphatic carbocycles. The first kappa shape index (κ1) is 20.1. The summed E-state index contributed by atoms with van der Waals surface area (Å²) in [5.41, 5.74) is 8.07. The molecule has 0 saturated carbocycles. The van der Waals surface area contributed by atoms with Gasteiger partial charge >= 0.3 is 0 Å². The summed E-state index contributed by atoms with van der Waals surface area (Å²) >= 11 is 1.50. The molecule has 2 aromatic rings. The van der Waals surface area contributed by atoms with Gasteiger partial charge in [0.1, 0.15) is 10.8 Å². The molecule has 0 aromatic carbocycles. The van der Waals surface area contributed by atoms with E-state index in [4.69, 9.17) is 10.3 Å². The summed E-state index contributed by atoms with van der Waals surface area (Å²) in [5.74, 6) is 0.274. The number of carbonyl (C=O) groups is 2. The standard InChI is InChI=1S/C20H27N5O3S/c1-12-10-14(23-28-12)11-24-6-8-25(9-7-24)13(2)19(27)22-20-17(18(21)26)15-4-3-5-16(15)29-20/h10,13H,3-9,11H2,1-2H3,(H2,21,26)(H,22,27)/t13-/m0/s1. The molecular formula is C20H27N5O3S. The monoisotopic (exact) mass is 417 g/mol. The predicted octanol–water partition coefficient (Wildman–Crippen LogP) is 1.78. The van der Waals surface area contributed by atoms with E-state index in [1.54, 1.807) is 0 Å². The van der Waals surface area contributed by atoms with Gasteiger partial charge in [-0.2, -0.15) is 0 Å². The fourth-order valence-electron chi connectivity index (χ4n) is 4.17. The van der Waals surface area contributed by atoms with Crippen molar-refractivity contribution >= 4 is 28.2 Å². The van der Waals surface area contributed by atoms with Gasteiger partial charge in [0.05, 0.1) is 17.3 Å². The van der Waals surface area contributed by atoms with Crippen molar-refractivity contribution in [1.82, 2.24) is 15.0 Å². The van der Waals surface area contributed by atoms with Gasteiger partial charge in [0.25, 0.3) is 5.91 Å². The third-order valence-electron chi connectivity index (χ3n) is 5.80. The zero-order chi connectivity index (χ0) is 20.5. The number of carbonyl (C=O) groups excluding carboxylic acids is 2. The van der Waals surface area contributed by atoms with E-state index in [0.717, 1.165) is 69.0 Å². The van der Waals surface area contributed by atoms with Crippen molar-refractivity contribution in [1.29, 1.82) is 0 Å². The Hall–Kier alpha value is -2.23. The molecule has 4 rings (SSSR count). The van der Waals surface area contributed by atoms with Gasteiger partial charge in [-0.1, -0.05) is 5.16 Å². The van der Waals surface area contributed by atoms with E-state index in [1.807, 2.05) is 19.9 Å². The highest BCUT2D eigenvalue weighted by atomic mass is 32.1. The lowest BCUT2D eigenvalue weighted by Gasteiger charge is -2.37. The highest BCUT2D eigenvalue weighted by molar-refractivity contribution is 7.17. The van der Waals surface area contributed by atoms with Crippen LogP contribution in [0.1, 0.15) is 45.6 Å². The van der Waals surface area contributed by atoms with Crippen LogP contribution in [0.2, 0.25) is 0 Å². The number of fused-ring (bicyclic) bond motifs is 1. The molecule has 156 valence electrons. The molecule has 0 radical (unpaired) electrons. The Kier molecular flexibility index (Phi) is 5.71. The van der Waals surface area contributed by atoms with E-state index in [-0.39, 0.29) is 11.9 Å². The van der Waals surface area contributed by atoms with E-state index < -0.39 is 5.91 Å². The number of hydrogen-bond donors (Lipinski definition) is 2. The summed E-state index contributed by atoms with van der Waals surface area (Å²) in [6, 6.07) is 1.68. The molecule has 3 heterocycles. The Bertz CT molecular complexity index is 913. The number of rotatable bonds is 6. The van der Waals surface area contributed by atoms with Crippen LogP contribution in [0.4, 0.5) is 5.00 Å². The SMILES string of the molecule is Cc1cc(CN2CCN([C@@H](C)C(=O)Nc3sc4c(c3C(N)=O)CCC4)CC2)no1. The van der Waals surface area contributed by atoms with Crippen molar-refractivity contribution in [2.45, 2.75) is 45.7 Å². The molecule has 0 bridgehead atoms. The van der Waals surface area contributed by atoms with Crippen molar-refractivity contribution in [3.05, 3.63) is 33.5 Å². The molecule has 1 saturated heterocycles. The minimum atomic E-state index is -0.455. The first-order valence-corrected chi connectivity index (χ1v) is 10.9. The number of thiophene rings is 1. The summed E-state index contributed by atoms with van der Waals surface area (Å²) in [5, 5.41) is 7.63. The molecule has 2 amide bonds. The zero-order valence-electron chi connectivity index (χ0n) is 16.9. The van der Waals surface area contributed by atoms with Crippen LogP contribution in [-0.4, -0.2) is 59.0 Å². The van der Waals surface area contributed by atoms with Crippen LogP contribution in [-0.2, 0) is 24.2 Å². The number of aryl methyl sites for hydroxylation is 2. The average molecular weight is 418 g/mol. The first-order chi connectivity index (χ1) is 13.9. The summed E-state index contributed by atoms with van der Waals surface area (Å²) in [6.45, 7) is 7.89. The number of amides is 2. The van der Waals surface area contributed by atoms with Crippen LogP contribution in [0, 0.1) is 6.92 Å². The highest BCUT2D eigenvalue weighted by Crippen LogP contribution is 2.38. The fraction of sp³-hybridized carbons (Fsp3) is 0.550. The minimum Gasteiger partial charge on any atom is -0.365 e. The molecule has 0 unspecified atom stereocenters. The second-order valence-electron chi connectivity index (χ2n) is 7.83. The topological polar surface area (TPSA) is 105 Å².